The number of aryl methyl sites for hydroxylation is 1. The number of Topliss-reactive ketones (excluding diaryl/α,β-unsaturated/α-hetero) is 1. The zero-order chi connectivity index (χ0) is 17.3. The number of hydrogen-bond acceptors (Lipinski definition) is 5. The standard InChI is InChI=1S/C17H21N5OS/c1-10(2)9-22-17(19-20-21-22)24-12(4)16(23)15-11(3)18-14-8-6-5-7-13(14)15/h5-8,10,12,18H,9H2,1-4H3. The molecule has 1 unspecified atom stereocenters. The second-order valence-electron chi connectivity index (χ2n) is 6.33. The summed E-state index contributed by atoms with van der Waals surface area (Å²) in [7, 11) is 0. The van der Waals surface area contributed by atoms with Crippen LogP contribution in [-0.4, -0.2) is 36.2 Å². The van der Waals surface area contributed by atoms with Crippen LogP contribution in [-0.2, 0) is 6.54 Å². The third-order valence-corrected chi connectivity index (χ3v) is 4.90. The van der Waals surface area contributed by atoms with Crippen LogP contribution in [0.1, 0.15) is 36.8 Å². The maximum atomic E-state index is 13.0. The Morgan fingerprint density at radius 3 is 2.79 bits per heavy atom. The summed E-state index contributed by atoms with van der Waals surface area (Å²) in [6, 6.07) is 7.88. The van der Waals surface area contributed by atoms with Gasteiger partial charge in [0.2, 0.25) is 5.16 Å². The van der Waals surface area contributed by atoms with Gasteiger partial charge in [-0.1, -0.05) is 43.8 Å². The zero-order valence-corrected chi connectivity index (χ0v) is 15.1. The molecule has 3 rings (SSSR count). The van der Waals surface area contributed by atoms with Gasteiger partial charge in [0.05, 0.1) is 5.25 Å². The van der Waals surface area contributed by atoms with E-state index in [9.17, 15) is 4.79 Å². The molecule has 0 radical (unpaired) electrons. The van der Waals surface area contributed by atoms with Crippen molar-refractivity contribution in [2.45, 2.75) is 44.6 Å². The number of ketones is 1. The highest BCUT2D eigenvalue weighted by Gasteiger charge is 2.24. The molecule has 126 valence electrons. The zero-order valence-electron chi connectivity index (χ0n) is 14.3. The highest BCUT2D eigenvalue weighted by atomic mass is 32.2. The van der Waals surface area contributed by atoms with Crippen LogP contribution in [0.3, 0.4) is 0 Å². The Balaban J connectivity index is 1.85. The molecule has 0 bridgehead atoms. The molecular weight excluding hydrogens is 322 g/mol. The van der Waals surface area contributed by atoms with Crippen LogP contribution in [0.5, 0.6) is 0 Å². The number of tetrazole rings is 1. The molecule has 0 saturated carbocycles. The largest absolute Gasteiger partial charge is 0.358 e. The predicted octanol–water partition coefficient (Wildman–Crippen LogP) is 3.48. The minimum Gasteiger partial charge on any atom is -0.358 e. The third-order valence-electron chi connectivity index (χ3n) is 3.83. The molecule has 7 heteroatoms. The van der Waals surface area contributed by atoms with Gasteiger partial charge in [0.1, 0.15) is 0 Å². The smallest absolute Gasteiger partial charge is 0.210 e. The van der Waals surface area contributed by atoms with E-state index >= 15 is 0 Å². The number of carbonyl (C=O) groups is 1. The first-order chi connectivity index (χ1) is 11.5. The van der Waals surface area contributed by atoms with Crippen LogP contribution >= 0.6 is 11.8 Å². The highest BCUT2D eigenvalue weighted by molar-refractivity contribution is 8.00. The number of nitrogens with one attached hydrogen (secondary N) is 1. The average molecular weight is 343 g/mol. The lowest BCUT2D eigenvalue weighted by Crippen LogP contribution is -2.16. The van der Waals surface area contributed by atoms with E-state index < -0.39 is 0 Å². The number of aromatic nitrogens is 5. The summed E-state index contributed by atoms with van der Waals surface area (Å²) in [5.74, 6) is 0.531. The molecule has 1 N–H and O–H groups in total. The lowest BCUT2D eigenvalue weighted by atomic mass is 10.1. The number of aromatic amines is 1. The highest BCUT2D eigenvalue weighted by Crippen LogP contribution is 2.29. The van der Waals surface area contributed by atoms with Crippen LogP contribution in [0, 0.1) is 12.8 Å². The normalized spacial score (nSPS) is 12.9. The third kappa shape index (κ3) is 3.21. The molecule has 0 spiro atoms. The van der Waals surface area contributed by atoms with Gasteiger partial charge >= 0.3 is 0 Å². The van der Waals surface area contributed by atoms with Crippen LogP contribution in [0.2, 0.25) is 0 Å². The van der Waals surface area contributed by atoms with Crippen LogP contribution in [0.25, 0.3) is 10.9 Å². The van der Waals surface area contributed by atoms with E-state index in [0.717, 1.165) is 28.7 Å². The molecule has 24 heavy (non-hydrogen) atoms. The molecule has 0 aliphatic carbocycles. The summed E-state index contributed by atoms with van der Waals surface area (Å²) in [6.45, 7) is 8.80. The van der Waals surface area contributed by atoms with Gasteiger partial charge in [-0.15, -0.1) is 5.10 Å². The minimum atomic E-state index is -0.264. The van der Waals surface area contributed by atoms with Gasteiger partial charge in [0.15, 0.2) is 5.78 Å². The Labute approximate surface area is 145 Å². The van der Waals surface area contributed by atoms with E-state index in [1.165, 1.54) is 11.8 Å². The first-order valence-electron chi connectivity index (χ1n) is 8.01. The van der Waals surface area contributed by atoms with Gasteiger partial charge in [-0.2, -0.15) is 0 Å². The molecule has 0 fully saturated rings. The quantitative estimate of drug-likeness (QED) is 0.548. The number of rotatable bonds is 6. The van der Waals surface area contributed by atoms with Crippen molar-refractivity contribution in [3.63, 3.8) is 0 Å². The number of carbonyl (C=O) groups excluding carboxylic acids is 1. The van der Waals surface area contributed by atoms with Gasteiger partial charge in [0, 0.05) is 28.7 Å². The summed E-state index contributed by atoms with van der Waals surface area (Å²) < 4.78 is 1.77. The van der Waals surface area contributed by atoms with Gasteiger partial charge in [-0.05, 0) is 36.3 Å². The molecule has 1 aromatic carbocycles. The van der Waals surface area contributed by atoms with Crippen LogP contribution < -0.4 is 0 Å². The lowest BCUT2D eigenvalue weighted by Gasteiger charge is -2.11. The summed E-state index contributed by atoms with van der Waals surface area (Å²) in [6.07, 6.45) is 0. The molecule has 3 aromatic rings. The lowest BCUT2D eigenvalue weighted by molar-refractivity contribution is 0.0995. The van der Waals surface area contributed by atoms with Gasteiger partial charge in [-0.3, -0.25) is 4.79 Å². The number of fused-ring (bicyclic) bond motifs is 1. The fourth-order valence-electron chi connectivity index (χ4n) is 2.75. The second kappa shape index (κ2) is 6.76. The SMILES string of the molecule is Cc1[nH]c2ccccc2c1C(=O)C(C)Sc1nnnn1CC(C)C. The van der Waals surface area contributed by atoms with E-state index in [1.807, 2.05) is 38.1 Å². The number of hydrogen-bond donors (Lipinski definition) is 1. The van der Waals surface area contributed by atoms with Gasteiger partial charge in [0.25, 0.3) is 0 Å². The summed E-state index contributed by atoms with van der Waals surface area (Å²) >= 11 is 1.41. The average Bonchev–Trinajstić information content (AvgIpc) is 3.09. The monoisotopic (exact) mass is 343 g/mol. The van der Waals surface area contributed by atoms with E-state index in [-0.39, 0.29) is 11.0 Å². The Kier molecular flexibility index (Phi) is 4.71. The molecule has 0 saturated heterocycles. The van der Waals surface area contributed by atoms with Gasteiger partial charge in [-0.25, -0.2) is 4.68 Å². The summed E-state index contributed by atoms with van der Waals surface area (Å²) in [5.41, 5.74) is 2.64. The first kappa shape index (κ1) is 16.7. The number of H-pyrrole nitrogens is 1. The summed E-state index contributed by atoms with van der Waals surface area (Å²) in [5, 5.41) is 13.2. The van der Waals surface area contributed by atoms with Crippen LogP contribution in [0.15, 0.2) is 29.4 Å². The van der Waals surface area contributed by atoms with Crippen molar-refractivity contribution in [3.8, 4) is 0 Å². The maximum Gasteiger partial charge on any atom is 0.210 e. The number of thioether (sulfide) groups is 1. The minimum absolute atomic E-state index is 0.0917. The Morgan fingerprint density at radius 1 is 1.29 bits per heavy atom. The maximum absolute atomic E-state index is 13.0. The van der Waals surface area contributed by atoms with Crippen LogP contribution in [0.4, 0.5) is 0 Å². The number of nitrogens with zero attached hydrogens (tertiary/aromatic N) is 4. The Bertz CT molecular complexity index is 867. The van der Waals surface area contributed by atoms with E-state index in [2.05, 4.69) is 34.4 Å². The van der Waals surface area contributed by atoms with Crippen molar-refractivity contribution in [2.24, 2.45) is 5.92 Å². The molecule has 6 nitrogen and oxygen atoms in total. The van der Waals surface area contributed by atoms with Crippen molar-refractivity contribution in [1.29, 1.82) is 0 Å². The van der Waals surface area contributed by atoms with Crippen molar-refractivity contribution < 1.29 is 4.79 Å². The Hall–Kier alpha value is -2.15. The molecule has 0 amide bonds. The van der Waals surface area contributed by atoms with E-state index in [4.69, 9.17) is 0 Å². The topological polar surface area (TPSA) is 76.5 Å². The fraction of sp³-hybridized carbons (Fsp3) is 0.412. The number of para-hydroxylation sites is 1. The van der Waals surface area contributed by atoms with E-state index in [1.54, 1.807) is 4.68 Å². The first-order valence-corrected chi connectivity index (χ1v) is 8.89. The van der Waals surface area contributed by atoms with E-state index in [0.29, 0.717) is 11.1 Å². The molecule has 2 heterocycles. The summed E-state index contributed by atoms with van der Waals surface area (Å²) in [4.78, 5) is 16.3. The van der Waals surface area contributed by atoms with Gasteiger partial charge < -0.3 is 4.98 Å². The molecule has 1 atom stereocenters. The molecule has 0 aliphatic heterocycles. The number of benzene rings is 1. The van der Waals surface area contributed by atoms with Crippen molar-refractivity contribution in [2.75, 3.05) is 0 Å². The second-order valence-corrected chi connectivity index (χ2v) is 7.64. The van der Waals surface area contributed by atoms with Crippen molar-refractivity contribution in [3.05, 3.63) is 35.5 Å². The Morgan fingerprint density at radius 2 is 2.04 bits per heavy atom. The molecule has 0 aliphatic rings. The fourth-order valence-corrected chi connectivity index (χ4v) is 3.61. The van der Waals surface area contributed by atoms with Crippen molar-refractivity contribution >= 4 is 28.4 Å². The predicted molar refractivity (Wildman–Crippen MR) is 95.3 cm³/mol. The van der Waals surface area contributed by atoms with Crippen molar-refractivity contribution in [1.82, 2.24) is 25.2 Å². The molecular formula is C17H21N5OS. The molecule has 2 aromatic heterocycles.